The van der Waals surface area contributed by atoms with Crippen LogP contribution in [-0.4, -0.2) is 27.0 Å². The number of hydrogen-bond donors (Lipinski definition) is 2. The Hall–Kier alpha value is -1.39. The zero-order valence-electron chi connectivity index (χ0n) is 11.4. The van der Waals surface area contributed by atoms with Gasteiger partial charge in [0.25, 0.3) is 0 Å². The van der Waals surface area contributed by atoms with Gasteiger partial charge >= 0.3 is 0 Å². The van der Waals surface area contributed by atoms with E-state index in [1.807, 2.05) is 23.9 Å². The van der Waals surface area contributed by atoms with Gasteiger partial charge in [-0.2, -0.15) is 5.10 Å². The topological polar surface area (TPSA) is 50.1 Å². The van der Waals surface area contributed by atoms with E-state index in [9.17, 15) is 5.11 Å². The Morgan fingerprint density at radius 1 is 1.32 bits per heavy atom. The molecule has 1 heterocycles. The van der Waals surface area contributed by atoms with Crippen molar-refractivity contribution in [2.24, 2.45) is 7.05 Å². The quantitative estimate of drug-likeness (QED) is 0.882. The zero-order chi connectivity index (χ0) is 13.3. The molecule has 0 amide bonds. The van der Waals surface area contributed by atoms with E-state index in [4.69, 9.17) is 0 Å². The molecule has 0 aliphatic heterocycles. The Balaban J connectivity index is 1.82. The Labute approximate surface area is 113 Å². The van der Waals surface area contributed by atoms with Crippen LogP contribution in [0.2, 0.25) is 0 Å². The lowest BCUT2D eigenvalue weighted by atomic mass is 9.99. The molecule has 4 nitrogen and oxygen atoms in total. The number of hydrogen-bond acceptors (Lipinski definition) is 3. The first kappa shape index (κ1) is 12.6. The molecule has 1 aromatic carbocycles. The van der Waals surface area contributed by atoms with E-state index in [1.54, 1.807) is 0 Å². The summed E-state index contributed by atoms with van der Waals surface area (Å²) in [6.45, 7) is 0.944. The summed E-state index contributed by atoms with van der Waals surface area (Å²) in [6.07, 6.45) is 4.54. The van der Waals surface area contributed by atoms with Crippen LogP contribution in [0.4, 0.5) is 0 Å². The molecule has 0 spiro atoms. The zero-order valence-corrected chi connectivity index (χ0v) is 11.4. The number of benzene rings is 1. The van der Waals surface area contributed by atoms with E-state index in [1.165, 1.54) is 18.2 Å². The van der Waals surface area contributed by atoms with E-state index >= 15 is 0 Å². The fourth-order valence-corrected chi connectivity index (χ4v) is 3.13. The third kappa shape index (κ3) is 2.26. The third-order valence-corrected chi connectivity index (χ3v) is 4.33. The first-order valence-corrected chi connectivity index (χ1v) is 7.01. The molecule has 1 aliphatic rings. The van der Waals surface area contributed by atoms with E-state index in [-0.39, 0.29) is 12.1 Å². The standard InChI is InChI=1S/C15H21N3O/c1-18-14-7-3-2-6-12(14)13(17-18)10-16-15(11-19)8-4-5-9-15/h2-3,6-7,16,19H,4-5,8-11H2,1H3. The SMILES string of the molecule is Cn1nc(CNC2(CO)CCCC2)c2ccccc21. The lowest BCUT2D eigenvalue weighted by Gasteiger charge is -2.27. The first-order valence-electron chi connectivity index (χ1n) is 7.01. The smallest absolute Gasteiger partial charge is 0.0841 e. The number of aliphatic hydroxyl groups excluding tert-OH is 1. The van der Waals surface area contributed by atoms with Gasteiger partial charge < -0.3 is 10.4 Å². The fraction of sp³-hybridized carbons (Fsp3) is 0.533. The van der Waals surface area contributed by atoms with Crippen molar-refractivity contribution in [1.82, 2.24) is 15.1 Å². The highest BCUT2D eigenvalue weighted by Gasteiger charge is 2.32. The number of nitrogens with zero attached hydrogens (tertiary/aromatic N) is 2. The molecule has 1 aliphatic carbocycles. The van der Waals surface area contributed by atoms with E-state index in [0.717, 1.165) is 30.6 Å². The molecule has 2 N–H and O–H groups in total. The molecule has 2 aromatic rings. The summed E-state index contributed by atoms with van der Waals surface area (Å²) in [5.74, 6) is 0. The Morgan fingerprint density at radius 2 is 2.05 bits per heavy atom. The molecule has 0 bridgehead atoms. The van der Waals surface area contributed by atoms with Gasteiger partial charge in [-0.1, -0.05) is 31.0 Å². The van der Waals surface area contributed by atoms with E-state index < -0.39 is 0 Å². The molecule has 0 atom stereocenters. The normalized spacial score (nSPS) is 18.2. The number of rotatable bonds is 4. The summed E-state index contributed by atoms with van der Waals surface area (Å²) in [6, 6.07) is 8.28. The van der Waals surface area contributed by atoms with Crippen LogP contribution >= 0.6 is 0 Å². The number of aliphatic hydroxyl groups is 1. The molecule has 3 rings (SSSR count). The highest BCUT2D eigenvalue weighted by Crippen LogP contribution is 2.29. The van der Waals surface area contributed by atoms with Crippen LogP contribution in [0, 0.1) is 0 Å². The second-order valence-electron chi connectivity index (χ2n) is 5.59. The van der Waals surface area contributed by atoms with Crippen LogP contribution in [0.15, 0.2) is 24.3 Å². The van der Waals surface area contributed by atoms with Gasteiger partial charge in [0.15, 0.2) is 0 Å². The summed E-state index contributed by atoms with van der Waals surface area (Å²) >= 11 is 0. The maximum absolute atomic E-state index is 9.62. The largest absolute Gasteiger partial charge is 0.394 e. The number of aryl methyl sites for hydroxylation is 1. The van der Waals surface area contributed by atoms with Gasteiger partial charge in [0.2, 0.25) is 0 Å². The van der Waals surface area contributed by atoms with Crippen LogP contribution in [0.3, 0.4) is 0 Å². The minimum atomic E-state index is -0.0847. The van der Waals surface area contributed by atoms with Crippen LogP contribution in [-0.2, 0) is 13.6 Å². The van der Waals surface area contributed by atoms with Crippen molar-refractivity contribution in [3.63, 3.8) is 0 Å². The summed E-state index contributed by atoms with van der Waals surface area (Å²) in [5.41, 5.74) is 2.14. The van der Waals surface area contributed by atoms with Crippen LogP contribution in [0.25, 0.3) is 10.9 Å². The highest BCUT2D eigenvalue weighted by atomic mass is 16.3. The van der Waals surface area contributed by atoms with Gasteiger partial charge in [-0.05, 0) is 18.9 Å². The van der Waals surface area contributed by atoms with Gasteiger partial charge in [-0.3, -0.25) is 4.68 Å². The van der Waals surface area contributed by atoms with E-state index in [2.05, 4.69) is 22.5 Å². The maximum Gasteiger partial charge on any atom is 0.0841 e. The van der Waals surface area contributed by atoms with Gasteiger partial charge in [-0.25, -0.2) is 0 Å². The molecular weight excluding hydrogens is 238 g/mol. The van der Waals surface area contributed by atoms with Crippen molar-refractivity contribution < 1.29 is 5.11 Å². The van der Waals surface area contributed by atoms with Crippen molar-refractivity contribution in [2.75, 3.05) is 6.61 Å². The highest BCUT2D eigenvalue weighted by molar-refractivity contribution is 5.81. The number of aromatic nitrogens is 2. The fourth-order valence-electron chi connectivity index (χ4n) is 3.13. The van der Waals surface area contributed by atoms with Gasteiger partial charge in [0, 0.05) is 24.5 Å². The molecule has 0 radical (unpaired) electrons. The Bertz CT molecular complexity index is 570. The maximum atomic E-state index is 9.62. The summed E-state index contributed by atoms with van der Waals surface area (Å²) in [7, 11) is 1.98. The van der Waals surface area contributed by atoms with Crippen LogP contribution in [0.5, 0.6) is 0 Å². The predicted molar refractivity (Wildman–Crippen MR) is 75.8 cm³/mol. The minimum Gasteiger partial charge on any atom is -0.394 e. The number of fused-ring (bicyclic) bond motifs is 1. The molecule has 4 heteroatoms. The molecule has 102 valence electrons. The second kappa shape index (κ2) is 4.94. The summed E-state index contributed by atoms with van der Waals surface area (Å²) < 4.78 is 1.92. The molecule has 1 aromatic heterocycles. The molecule has 1 saturated carbocycles. The van der Waals surface area contributed by atoms with Gasteiger partial charge in [-0.15, -0.1) is 0 Å². The Kier molecular flexibility index (Phi) is 3.29. The van der Waals surface area contributed by atoms with E-state index in [0.29, 0.717) is 0 Å². The first-order chi connectivity index (χ1) is 9.24. The van der Waals surface area contributed by atoms with Crippen LogP contribution < -0.4 is 5.32 Å². The Morgan fingerprint density at radius 3 is 2.79 bits per heavy atom. The van der Waals surface area contributed by atoms with Gasteiger partial charge in [0.05, 0.1) is 17.8 Å². The molecular formula is C15H21N3O. The number of para-hydroxylation sites is 1. The van der Waals surface area contributed by atoms with Gasteiger partial charge in [0.1, 0.15) is 0 Å². The molecule has 0 unspecified atom stereocenters. The average Bonchev–Trinajstić information content (AvgIpc) is 3.03. The summed E-state index contributed by atoms with van der Waals surface area (Å²) in [4.78, 5) is 0. The average molecular weight is 259 g/mol. The van der Waals surface area contributed by atoms with Crippen molar-refractivity contribution in [1.29, 1.82) is 0 Å². The predicted octanol–water partition coefficient (Wildman–Crippen LogP) is 1.97. The lowest BCUT2D eigenvalue weighted by Crippen LogP contribution is -2.45. The number of nitrogens with one attached hydrogen (secondary N) is 1. The van der Waals surface area contributed by atoms with Crippen LogP contribution in [0.1, 0.15) is 31.4 Å². The molecule has 1 fully saturated rings. The monoisotopic (exact) mass is 259 g/mol. The van der Waals surface area contributed by atoms with Crippen molar-refractivity contribution in [2.45, 2.75) is 37.8 Å². The lowest BCUT2D eigenvalue weighted by molar-refractivity contribution is 0.162. The molecule has 0 saturated heterocycles. The molecule has 19 heavy (non-hydrogen) atoms. The minimum absolute atomic E-state index is 0.0847. The third-order valence-electron chi connectivity index (χ3n) is 4.33. The van der Waals surface area contributed by atoms with Crippen molar-refractivity contribution >= 4 is 10.9 Å². The van der Waals surface area contributed by atoms with Crippen molar-refractivity contribution in [3.05, 3.63) is 30.0 Å². The summed E-state index contributed by atoms with van der Waals surface area (Å²) in [5, 5.41) is 19.0. The second-order valence-corrected chi connectivity index (χ2v) is 5.59. The van der Waals surface area contributed by atoms with Crippen molar-refractivity contribution in [3.8, 4) is 0 Å².